The van der Waals surface area contributed by atoms with Gasteiger partial charge >= 0.3 is 0 Å². The molecular weight excluding hydrogens is 352 g/mol. The third-order valence-electron chi connectivity index (χ3n) is 5.27. The highest BCUT2D eigenvalue weighted by Crippen LogP contribution is 2.30. The van der Waals surface area contributed by atoms with Crippen molar-refractivity contribution in [3.8, 4) is 0 Å². The van der Waals surface area contributed by atoms with Crippen LogP contribution in [0.15, 0.2) is 65.2 Å². The molecule has 2 aromatic carbocycles. The van der Waals surface area contributed by atoms with Gasteiger partial charge in [0.15, 0.2) is 5.82 Å². The van der Waals surface area contributed by atoms with Crippen molar-refractivity contribution in [3.05, 3.63) is 83.5 Å². The van der Waals surface area contributed by atoms with Gasteiger partial charge in [-0.1, -0.05) is 65.8 Å². The molecule has 0 aliphatic carbocycles. The summed E-state index contributed by atoms with van der Waals surface area (Å²) in [6.07, 6.45) is 1.80. The van der Waals surface area contributed by atoms with Gasteiger partial charge < -0.3 is 10.3 Å². The molecule has 144 valence electrons. The zero-order valence-corrected chi connectivity index (χ0v) is 15.7. The minimum atomic E-state index is -0.232. The fourth-order valence-corrected chi connectivity index (χ4v) is 3.85. The van der Waals surface area contributed by atoms with E-state index in [2.05, 4.69) is 34.3 Å². The normalized spacial score (nSPS) is 17.7. The van der Waals surface area contributed by atoms with E-state index < -0.39 is 0 Å². The maximum atomic E-state index is 11.5. The van der Waals surface area contributed by atoms with E-state index in [0.717, 1.165) is 30.5 Å². The maximum absolute atomic E-state index is 11.5. The first-order chi connectivity index (χ1) is 13.7. The molecule has 0 unspecified atom stereocenters. The van der Waals surface area contributed by atoms with Crippen LogP contribution in [0.4, 0.5) is 0 Å². The Bertz CT molecular complexity index is 871. The SMILES string of the molecule is NC(=O)[C@H]1CCCN(Cc2nc(C(c3ccccc3)c3ccccc3)no2)C1. The Hall–Kier alpha value is -2.99. The molecule has 1 atom stereocenters. The van der Waals surface area contributed by atoms with Crippen molar-refractivity contribution in [1.29, 1.82) is 0 Å². The molecule has 28 heavy (non-hydrogen) atoms. The number of nitrogens with two attached hydrogens (primary N) is 1. The highest BCUT2D eigenvalue weighted by atomic mass is 16.5. The number of primary amides is 1. The van der Waals surface area contributed by atoms with E-state index in [1.54, 1.807) is 0 Å². The Morgan fingerprint density at radius 3 is 2.36 bits per heavy atom. The molecular formula is C22H24N4O2. The molecule has 3 aromatic rings. The summed E-state index contributed by atoms with van der Waals surface area (Å²) in [5.41, 5.74) is 7.72. The fourth-order valence-electron chi connectivity index (χ4n) is 3.85. The average molecular weight is 376 g/mol. The van der Waals surface area contributed by atoms with Crippen LogP contribution in [0.5, 0.6) is 0 Å². The van der Waals surface area contributed by atoms with Crippen LogP contribution in [0.25, 0.3) is 0 Å². The van der Waals surface area contributed by atoms with Crippen molar-refractivity contribution in [3.63, 3.8) is 0 Å². The standard InChI is InChI=1S/C22H24N4O2/c23-21(27)18-12-7-13-26(14-18)15-19-24-22(25-28-19)20(16-8-3-1-4-9-16)17-10-5-2-6-11-17/h1-6,8-11,18,20H,7,12-15H2,(H2,23,27)/t18-/m0/s1. The molecule has 0 bridgehead atoms. The second kappa shape index (κ2) is 8.35. The Balaban J connectivity index is 1.56. The van der Waals surface area contributed by atoms with Gasteiger partial charge in [0.25, 0.3) is 0 Å². The number of aromatic nitrogens is 2. The zero-order chi connectivity index (χ0) is 19.3. The van der Waals surface area contributed by atoms with Crippen molar-refractivity contribution in [2.45, 2.75) is 25.3 Å². The highest BCUT2D eigenvalue weighted by molar-refractivity contribution is 5.76. The van der Waals surface area contributed by atoms with Crippen molar-refractivity contribution >= 4 is 5.91 Å². The predicted octanol–water partition coefficient (Wildman–Crippen LogP) is 2.95. The summed E-state index contributed by atoms with van der Waals surface area (Å²) in [7, 11) is 0. The predicted molar refractivity (Wildman–Crippen MR) is 105 cm³/mol. The third kappa shape index (κ3) is 4.12. The minimum absolute atomic E-state index is 0.0837. The molecule has 6 heteroatoms. The number of piperidine rings is 1. The fraction of sp³-hybridized carbons (Fsp3) is 0.318. The number of nitrogens with zero attached hydrogens (tertiary/aromatic N) is 3. The number of benzene rings is 2. The van der Waals surface area contributed by atoms with Gasteiger partial charge in [0, 0.05) is 6.54 Å². The number of likely N-dealkylation sites (tertiary alicyclic amines) is 1. The van der Waals surface area contributed by atoms with Crippen LogP contribution in [0.3, 0.4) is 0 Å². The Labute approximate surface area is 164 Å². The van der Waals surface area contributed by atoms with E-state index in [9.17, 15) is 4.79 Å². The Morgan fingerprint density at radius 1 is 1.11 bits per heavy atom. The number of hydrogen-bond donors (Lipinski definition) is 1. The van der Waals surface area contributed by atoms with E-state index in [1.807, 2.05) is 36.4 Å². The second-order valence-corrected chi connectivity index (χ2v) is 7.28. The van der Waals surface area contributed by atoms with E-state index in [-0.39, 0.29) is 17.7 Å². The van der Waals surface area contributed by atoms with Gasteiger partial charge in [-0.15, -0.1) is 0 Å². The lowest BCUT2D eigenvalue weighted by molar-refractivity contribution is -0.123. The molecule has 0 saturated carbocycles. The molecule has 2 N–H and O–H groups in total. The van der Waals surface area contributed by atoms with Gasteiger partial charge in [-0.3, -0.25) is 9.69 Å². The van der Waals surface area contributed by atoms with Crippen LogP contribution in [0.1, 0.15) is 41.6 Å². The monoisotopic (exact) mass is 376 g/mol. The zero-order valence-electron chi connectivity index (χ0n) is 15.7. The highest BCUT2D eigenvalue weighted by Gasteiger charge is 2.27. The third-order valence-corrected chi connectivity index (χ3v) is 5.27. The molecule has 4 rings (SSSR count). The quantitative estimate of drug-likeness (QED) is 0.715. The van der Waals surface area contributed by atoms with E-state index >= 15 is 0 Å². The molecule has 1 amide bonds. The number of carbonyl (C=O) groups excluding carboxylic acids is 1. The summed E-state index contributed by atoms with van der Waals surface area (Å²) in [6.45, 7) is 2.09. The number of amides is 1. The van der Waals surface area contributed by atoms with Crippen molar-refractivity contribution < 1.29 is 9.32 Å². The Kier molecular flexibility index (Phi) is 5.48. The summed E-state index contributed by atoms with van der Waals surface area (Å²) in [6, 6.07) is 20.4. The Morgan fingerprint density at radius 2 is 1.75 bits per heavy atom. The lowest BCUT2D eigenvalue weighted by atomic mass is 9.91. The van der Waals surface area contributed by atoms with Crippen LogP contribution in [0, 0.1) is 5.92 Å². The van der Waals surface area contributed by atoms with E-state index in [1.165, 1.54) is 0 Å². The van der Waals surface area contributed by atoms with Crippen LogP contribution in [-0.4, -0.2) is 34.0 Å². The molecule has 1 fully saturated rings. The summed E-state index contributed by atoms with van der Waals surface area (Å²) < 4.78 is 5.57. The molecule has 0 spiro atoms. The van der Waals surface area contributed by atoms with Crippen LogP contribution < -0.4 is 5.73 Å². The molecule has 1 aromatic heterocycles. The number of carbonyl (C=O) groups is 1. The lowest BCUT2D eigenvalue weighted by Crippen LogP contribution is -2.40. The van der Waals surface area contributed by atoms with Gasteiger partial charge in [0.05, 0.1) is 18.4 Å². The summed E-state index contributed by atoms with van der Waals surface area (Å²) >= 11 is 0. The van der Waals surface area contributed by atoms with Gasteiger partial charge in [0.1, 0.15) is 0 Å². The smallest absolute Gasteiger partial charge is 0.240 e. The van der Waals surface area contributed by atoms with Gasteiger partial charge in [-0.05, 0) is 30.5 Å². The van der Waals surface area contributed by atoms with Crippen LogP contribution in [-0.2, 0) is 11.3 Å². The summed E-state index contributed by atoms with van der Waals surface area (Å²) in [5.74, 6) is 0.800. The van der Waals surface area contributed by atoms with E-state index in [4.69, 9.17) is 15.2 Å². The van der Waals surface area contributed by atoms with Crippen LogP contribution >= 0.6 is 0 Å². The largest absolute Gasteiger partial charge is 0.369 e. The molecule has 1 aliphatic heterocycles. The molecule has 2 heterocycles. The average Bonchev–Trinajstić information content (AvgIpc) is 3.18. The minimum Gasteiger partial charge on any atom is -0.369 e. The number of rotatable bonds is 6. The van der Waals surface area contributed by atoms with Crippen molar-refractivity contribution in [2.24, 2.45) is 11.7 Å². The maximum Gasteiger partial charge on any atom is 0.240 e. The molecule has 6 nitrogen and oxygen atoms in total. The lowest BCUT2D eigenvalue weighted by Gasteiger charge is -2.29. The first-order valence-corrected chi connectivity index (χ1v) is 9.65. The first-order valence-electron chi connectivity index (χ1n) is 9.65. The molecule has 0 radical (unpaired) electrons. The van der Waals surface area contributed by atoms with Gasteiger partial charge in [-0.2, -0.15) is 4.98 Å². The van der Waals surface area contributed by atoms with Crippen LogP contribution in [0.2, 0.25) is 0 Å². The summed E-state index contributed by atoms with van der Waals surface area (Å²) in [4.78, 5) is 18.4. The summed E-state index contributed by atoms with van der Waals surface area (Å²) in [5, 5.41) is 4.28. The molecule has 1 aliphatic rings. The number of hydrogen-bond acceptors (Lipinski definition) is 5. The molecule has 1 saturated heterocycles. The van der Waals surface area contributed by atoms with Crippen molar-refractivity contribution in [1.82, 2.24) is 15.0 Å². The van der Waals surface area contributed by atoms with E-state index in [0.29, 0.717) is 24.8 Å². The van der Waals surface area contributed by atoms with Gasteiger partial charge in [0.2, 0.25) is 11.8 Å². The van der Waals surface area contributed by atoms with Gasteiger partial charge in [-0.25, -0.2) is 0 Å². The topological polar surface area (TPSA) is 85.3 Å². The first kappa shape index (κ1) is 18.4. The van der Waals surface area contributed by atoms with Crippen molar-refractivity contribution in [2.75, 3.05) is 13.1 Å². The second-order valence-electron chi connectivity index (χ2n) is 7.28.